The van der Waals surface area contributed by atoms with Crippen LogP contribution in [0.15, 0.2) is 18.2 Å². The second kappa shape index (κ2) is 8.04. The second-order valence-corrected chi connectivity index (χ2v) is 5.26. The molecule has 1 aliphatic heterocycles. The van der Waals surface area contributed by atoms with E-state index in [-0.39, 0.29) is 47.4 Å². The van der Waals surface area contributed by atoms with Crippen molar-refractivity contribution in [2.75, 3.05) is 12.5 Å². The van der Waals surface area contributed by atoms with E-state index >= 15 is 0 Å². The van der Waals surface area contributed by atoms with Gasteiger partial charge in [-0.3, -0.25) is 0 Å². The molecule has 0 aliphatic carbocycles. The number of thioether (sulfide) groups is 1. The van der Waals surface area contributed by atoms with Gasteiger partial charge in [0.2, 0.25) is 6.79 Å². The number of rotatable bonds is 6. The van der Waals surface area contributed by atoms with Gasteiger partial charge in [0.15, 0.2) is 11.5 Å². The fraction of sp³-hybridized carbons (Fsp3) is 0.462. The van der Waals surface area contributed by atoms with E-state index in [1.807, 2.05) is 18.2 Å². The number of carbonyl (C=O) groups is 1. The Morgan fingerprint density at radius 3 is 2.84 bits per heavy atom. The average molecular weight is 290 g/mol. The maximum absolute atomic E-state index is 10.5. The van der Waals surface area contributed by atoms with Crippen LogP contribution in [-0.4, -0.2) is 18.5 Å². The summed E-state index contributed by atoms with van der Waals surface area (Å²) in [4.78, 5) is 10.5. The number of carboxylic acids is 1. The van der Waals surface area contributed by atoms with Gasteiger partial charge >= 0.3 is 29.6 Å². The van der Waals surface area contributed by atoms with E-state index in [0.717, 1.165) is 29.9 Å². The van der Waals surface area contributed by atoms with Gasteiger partial charge in [-0.1, -0.05) is 19.4 Å². The van der Waals surface area contributed by atoms with Crippen LogP contribution in [0.3, 0.4) is 0 Å². The third-order valence-electron chi connectivity index (χ3n) is 2.72. The molecule has 0 radical (unpaired) electrons. The van der Waals surface area contributed by atoms with E-state index in [4.69, 9.17) is 9.47 Å². The summed E-state index contributed by atoms with van der Waals surface area (Å²) in [7, 11) is 0. The van der Waals surface area contributed by atoms with Crippen LogP contribution in [0.25, 0.3) is 0 Å². The number of carboxylic acid groups (broad SMARTS) is 1. The van der Waals surface area contributed by atoms with E-state index in [1.54, 1.807) is 0 Å². The van der Waals surface area contributed by atoms with Crippen LogP contribution in [0.2, 0.25) is 0 Å². The van der Waals surface area contributed by atoms with Crippen LogP contribution < -0.4 is 44.1 Å². The van der Waals surface area contributed by atoms with Crippen LogP contribution in [0.1, 0.15) is 30.6 Å². The number of ether oxygens (including phenoxy) is 2. The van der Waals surface area contributed by atoms with E-state index in [1.165, 1.54) is 11.8 Å². The Balaban J connectivity index is 0.00000180. The number of benzene rings is 1. The molecule has 0 bridgehead atoms. The summed E-state index contributed by atoms with van der Waals surface area (Å²) in [6.07, 6.45) is 1.93. The molecule has 2 rings (SSSR count). The van der Waals surface area contributed by atoms with Gasteiger partial charge in [-0.15, -0.1) is 11.8 Å². The number of hydrogen-bond donors (Lipinski definition) is 0. The maximum atomic E-state index is 10.5. The quantitative estimate of drug-likeness (QED) is 0.612. The van der Waals surface area contributed by atoms with Crippen molar-refractivity contribution in [2.24, 2.45) is 0 Å². The molecule has 0 saturated heterocycles. The van der Waals surface area contributed by atoms with E-state index in [0.29, 0.717) is 0 Å². The molecule has 4 nitrogen and oxygen atoms in total. The van der Waals surface area contributed by atoms with Gasteiger partial charge in [0.25, 0.3) is 0 Å². The third-order valence-corrected chi connectivity index (χ3v) is 4.03. The van der Waals surface area contributed by atoms with Crippen LogP contribution in [0.5, 0.6) is 11.5 Å². The van der Waals surface area contributed by atoms with Gasteiger partial charge in [-0.2, -0.15) is 0 Å². The fourth-order valence-electron chi connectivity index (χ4n) is 1.89. The first-order valence-electron chi connectivity index (χ1n) is 5.91. The Morgan fingerprint density at radius 1 is 1.42 bits per heavy atom. The third kappa shape index (κ3) is 4.60. The predicted octanol–water partition coefficient (Wildman–Crippen LogP) is -1.26. The van der Waals surface area contributed by atoms with Gasteiger partial charge in [-0.05, 0) is 24.1 Å². The Kier molecular flexibility index (Phi) is 7.07. The molecule has 0 N–H and O–H groups in total. The second-order valence-electron chi connectivity index (χ2n) is 4.07. The Morgan fingerprint density at radius 2 is 2.16 bits per heavy atom. The van der Waals surface area contributed by atoms with E-state index in [9.17, 15) is 9.90 Å². The first-order valence-corrected chi connectivity index (χ1v) is 6.96. The number of aliphatic carboxylic acids is 1. The Hall–Kier alpha value is -0.360. The monoisotopic (exact) mass is 290 g/mol. The molecule has 19 heavy (non-hydrogen) atoms. The maximum Gasteiger partial charge on any atom is 1.00 e. The smallest absolute Gasteiger partial charge is 0.549 e. The molecule has 0 saturated carbocycles. The molecular formula is C13H15NaO4S. The molecule has 1 aromatic carbocycles. The Labute approximate surface area is 139 Å². The standard InChI is InChI=1S/C13H16O4S.Na/c1-2-3-12(18-7-13(14)15)9-4-5-10-11(6-9)17-8-16-10;/h4-6,12H,2-3,7-8H2,1H3,(H,14,15);/q;+1/p-1. The SMILES string of the molecule is CCCC(SCC(=O)[O-])c1ccc2c(c1)OCO2.[Na+]. The largest absolute Gasteiger partial charge is 1.00 e. The minimum atomic E-state index is -1.03. The molecule has 6 heteroatoms. The summed E-state index contributed by atoms with van der Waals surface area (Å²) in [5, 5.41) is 10.7. The first-order chi connectivity index (χ1) is 8.70. The molecule has 1 aliphatic rings. The van der Waals surface area contributed by atoms with Gasteiger partial charge < -0.3 is 19.4 Å². The summed E-state index contributed by atoms with van der Waals surface area (Å²) < 4.78 is 10.6. The molecule has 98 valence electrons. The molecule has 0 amide bonds. The van der Waals surface area contributed by atoms with Crippen molar-refractivity contribution < 1.29 is 48.9 Å². The van der Waals surface area contributed by atoms with Crippen LogP contribution in [0.4, 0.5) is 0 Å². The number of hydrogen-bond acceptors (Lipinski definition) is 5. The average Bonchev–Trinajstić information content (AvgIpc) is 2.81. The van der Waals surface area contributed by atoms with Crippen LogP contribution >= 0.6 is 11.8 Å². The molecule has 1 heterocycles. The van der Waals surface area contributed by atoms with Crippen molar-refractivity contribution in [1.82, 2.24) is 0 Å². The van der Waals surface area contributed by atoms with Crippen LogP contribution in [-0.2, 0) is 4.79 Å². The molecule has 1 unspecified atom stereocenters. The minimum Gasteiger partial charge on any atom is -0.549 e. The predicted molar refractivity (Wildman–Crippen MR) is 67.7 cm³/mol. The van der Waals surface area contributed by atoms with E-state index < -0.39 is 5.97 Å². The van der Waals surface area contributed by atoms with Crippen molar-refractivity contribution in [3.63, 3.8) is 0 Å². The molecular weight excluding hydrogens is 275 g/mol. The Bertz CT molecular complexity index is 439. The summed E-state index contributed by atoms with van der Waals surface area (Å²) in [5.74, 6) is 0.474. The van der Waals surface area contributed by atoms with Gasteiger partial charge in [0.05, 0.1) is 5.97 Å². The molecule has 0 aromatic heterocycles. The molecule has 0 fully saturated rings. The zero-order valence-corrected chi connectivity index (χ0v) is 14.0. The topological polar surface area (TPSA) is 58.6 Å². The molecule has 0 spiro atoms. The van der Waals surface area contributed by atoms with Crippen molar-refractivity contribution in [3.05, 3.63) is 23.8 Å². The molecule has 1 atom stereocenters. The van der Waals surface area contributed by atoms with Gasteiger partial charge in [0, 0.05) is 11.0 Å². The number of carbonyl (C=O) groups excluding carboxylic acids is 1. The summed E-state index contributed by atoms with van der Waals surface area (Å²) in [6, 6.07) is 5.78. The molecule has 1 aromatic rings. The fourth-order valence-corrected chi connectivity index (χ4v) is 2.97. The normalized spacial score (nSPS) is 13.7. The van der Waals surface area contributed by atoms with Crippen LogP contribution in [0, 0.1) is 0 Å². The summed E-state index contributed by atoms with van der Waals surface area (Å²) in [6.45, 7) is 2.34. The van der Waals surface area contributed by atoms with Gasteiger partial charge in [-0.25, -0.2) is 0 Å². The summed E-state index contributed by atoms with van der Waals surface area (Å²) >= 11 is 1.39. The van der Waals surface area contributed by atoms with Gasteiger partial charge in [0.1, 0.15) is 0 Å². The zero-order valence-electron chi connectivity index (χ0n) is 11.2. The zero-order chi connectivity index (χ0) is 13.0. The van der Waals surface area contributed by atoms with Crippen molar-refractivity contribution in [2.45, 2.75) is 25.0 Å². The summed E-state index contributed by atoms with van der Waals surface area (Å²) in [5.41, 5.74) is 1.08. The van der Waals surface area contributed by atoms with E-state index in [2.05, 4.69) is 6.92 Å². The first kappa shape index (κ1) is 16.7. The van der Waals surface area contributed by atoms with Crippen molar-refractivity contribution in [1.29, 1.82) is 0 Å². The minimum absolute atomic E-state index is 0. The number of fused-ring (bicyclic) bond motifs is 1. The van der Waals surface area contributed by atoms with Crippen molar-refractivity contribution >= 4 is 17.7 Å². The van der Waals surface area contributed by atoms with Crippen molar-refractivity contribution in [3.8, 4) is 11.5 Å².